The first kappa shape index (κ1) is 11.4. The molecule has 0 spiro atoms. The Labute approximate surface area is 100 Å². The average Bonchev–Trinajstić information content (AvgIpc) is 2.28. The van der Waals surface area contributed by atoms with Crippen molar-refractivity contribution in [2.75, 3.05) is 13.1 Å². The summed E-state index contributed by atoms with van der Waals surface area (Å²) in [6.07, 6.45) is 5.35. The van der Waals surface area contributed by atoms with Gasteiger partial charge >= 0.3 is 0 Å². The van der Waals surface area contributed by atoms with Crippen LogP contribution in [0.5, 0.6) is 0 Å². The number of alkyl halides is 1. The van der Waals surface area contributed by atoms with E-state index in [-0.39, 0.29) is 11.3 Å². The molecule has 0 aromatic carbocycles. The van der Waals surface area contributed by atoms with Gasteiger partial charge in [0.2, 0.25) is 0 Å². The van der Waals surface area contributed by atoms with E-state index in [2.05, 4.69) is 4.98 Å². The van der Waals surface area contributed by atoms with Gasteiger partial charge in [0.15, 0.2) is 0 Å². The summed E-state index contributed by atoms with van der Waals surface area (Å²) >= 11 is 6.06. The molecular formula is C12H15ClN2O. The average molecular weight is 239 g/mol. The van der Waals surface area contributed by atoms with Crippen LogP contribution < -0.4 is 0 Å². The number of likely N-dealkylation sites (tertiary alicyclic amines) is 1. The van der Waals surface area contributed by atoms with Crippen LogP contribution in [0.4, 0.5) is 0 Å². The van der Waals surface area contributed by atoms with E-state index in [9.17, 15) is 4.79 Å². The zero-order valence-corrected chi connectivity index (χ0v) is 10.1. The van der Waals surface area contributed by atoms with E-state index in [0.717, 1.165) is 24.9 Å². The second-order valence-electron chi connectivity index (χ2n) is 4.24. The van der Waals surface area contributed by atoms with Crippen LogP contribution >= 0.6 is 11.6 Å². The van der Waals surface area contributed by atoms with Crippen LogP contribution in [-0.4, -0.2) is 34.3 Å². The molecule has 0 bridgehead atoms. The maximum Gasteiger partial charge on any atom is 0.255 e. The SMILES string of the molecule is Cc1cncc(C(=O)N2CCCC(Cl)C2)c1. The first-order valence-corrected chi connectivity index (χ1v) is 5.95. The van der Waals surface area contributed by atoms with Gasteiger partial charge in [-0.25, -0.2) is 0 Å². The van der Waals surface area contributed by atoms with Crippen molar-refractivity contribution in [1.82, 2.24) is 9.88 Å². The van der Waals surface area contributed by atoms with Gasteiger partial charge in [-0.3, -0.25) is 9.78 Å². The molecule has 0 aliphatic carbocycles. The van der Waals surface area contributed by atoms with Gasteiger partial charge in [-0.2, -0.15) is 0 Å². The number of aromatic nitrogens is 1. The van der Waals surface area contributed by atoms with Gasteiger partial charge in [0.05, 0.1) is 10.9 Å². The van der Waals surface area contributed by atoms with Crippen molar-refractivity contribution >= 4 is 17.5 Å². The molecule has 1 unspecified atom stereocenters. The summed E-state index contributed by atoms with van der Waals surface area (Å²) in [5, 5.41) is 0.0930. The highest BCUT2D eigenvalue weighted by molar-refractivity contribution is 6.21. The van der Waals surface area contributed by atoms with Crippen LogP contribution in [0.15, 0.2) is 18.5 Å². The molecule has 3 nitrogen and oxygen atoms in total. The fraction of sp³-hybridized carbons (Fsp3) is 0.500. The minimum atomic E-state index is 0.0431. The van der Waals surface area contributed by atoms with E-state index in [1.807, 2.05) is 17.9 Å². The van der Waals surface area contributed by atoms with E-state index in [4.69, 9.17) is 11.6 Å². The number of amides is 1. The molecule has 4 heteroatoms. The van der Waals surface area contributed by atoms with E-state index < -0.39 is 0 Å². The predicted molar refractivity (Wildman–Crippen MR) is 63.8 cm³/mol. The Kier molecular flexibility index (Phi) is 3.44. The first-order chi connectivity index (χ1) is 7.66. The Morgan fingerprint density at radius 3 is 3.06 bits per heavy atom. The third-order valence-corrected chi connectivity index (χ3v) is 3.13. The maximum absolute atomic E-state index is 12.1. The zero-order chi connectivity index (χ0) is 11.5. The second-order valence-corrected chi connectivity index (χ2v) is 4.86. The molecule has 2 rings (SSSR count). The van der Waals surface area contributed by atoms with Crippen molar-refractivity contribution in [1.29, 1.82) is 0 Å². The smallest absolute Gasteiger partial charge is 0.255 e. The van der Waals surface area contributed by atoms with Gasteiger partial charge in [-0.1, -0.05) is 0 Å². The Morgan fingerprint density at radius 1 is 1.56 bits per heavy atom. The molecule has 1 aromatic heterocycles. The van der Waals surface area contributed by atoms with Crippen molar-refractivity contribution in [3.05, 3.63) is 29.6 Å². The quantitative estimate of drug-likeness (QED) is 0.703. The fourth-order valence-corrected chi connectivity index (χ4v) is 2.29. The van der Waals surface area contributed by atoms with Crippen molar-refractivity contribution in [3.8, 4) is 0 Å². The lowest BCUT2D eigenvalue weighted by Crippen LogP contribution is -2.40. The van der Waals surface area contributed by atoms with Gasteiger partial charge in [-0.05, 0) is 31.4 Å². The lowest BCUT2D eigenvalue weighted by atomic mass is 10.1. The van der Waals surface area contributed by atoms with Gasteiger partial charge in [-0.15, -0.1) is 11.6 Å². The Hall–Kier alpha value is -1.09. The van der Waals surface area contributed by atoms with E-state index in [1.165, 1.54) is 0 Å². The van der Waals surface area contributed by atoms with Crippen molar-refractivity contribution in [3.63, 3.8) is 0 Å². The normalized spacial score (nSPS) is 20.9. The first-order valence-electron chi connectivity index (χ1n) is 5.52. The monoisotopic (exact) mass is 238 g/mol. The van der Waals surface area contributed by atoms with E-state index in [0.29, 0.717) is 12.1 Å². The molecule has 1 aliphatic rings. The van der Waals surface area contributed by atoms with Crippen molar-refractivity contribution < 1.29 is 4.79 Å². The Morgan fingerprint density at radius 2 is 2.38 bits per heavy atom. The highest BCUT2D eigenvalue weighted by atomic mass is 35.5. The summed E-state index contributed by atoms with van der Waals surface area (Å²) in [5.74, 6) is 0.0431. The lowest BCUT2D eigenvalue weighted by Gasteiger charge is -2.29. The number of carbonyl (C=O) groups excluding carboxylic acids is 1. The number of piperidine rings is 1. The standard InChI is InChI=1S/C12H15ClN2O/c1-9-5-10(7-14-6-9)12(16)15-4-2-3-11(13)8-15/h5-7,11H,2-4,8H2,1H3. The number of carbonyl (C=O) groups is 1. The summed E-state index contributed by atoms with van der Waals surface area (Å²) in [4.78, 5) is 18.0. The molecule has 1 fully saturated rings. The van der Waals surface area contributed by atoms with Crippen LogP contribution in [0, 0.1) is 6.92 Å². The molecule has 0 radical (unpaired) electrons. The summed E-state index contributed by atoms with van der Waals surface area (Å²) < 4.78 is 0. The molecule has 1 aliphatic heterocycles. The van der Waals surface area contributed by atoms with Crippen LogP contribution in [0.25, 0.3) is 0 Å². The third kappa shape index (κ3) is 2.53. The van der Waals surface area contributed by atoms with Gasteiger partial charge in [0, 0.05) is 25.5 Å². The summed E-state index contributed by atoms with van der Waals surface area (Å²) in [5.41, 5.74) is 1.66. The largest absolute Gasteiger partial charge is 0.337 e. The van der Waals surface area contributed by atoms with Gasteiger partial charge < -0.3 is 4.90 Å². The lowest BCUT2D eigenvalue weighted by molar-refractivity contribution is 0.0726. The molecule has 1 atom stereocenters. The van der Waals surface area contributed by atoms with Crippen LogP contribution in [0.2, 0.25) is 0 Å². The third-order valence-electron chi connectivity index (χ3n) is 2.77. The molecule has 0 N–H and O–H groups in total. The number of aryl methyl sites for hydroxylation is 1. The minimum Gasteiger partial charge on any atom is -0.337 e. The number of halogens is 1. The minimum absolute atomic E-state index is 0.0431. The molecule has 1 amide bonds. The van der Waals surface area contributed by atoms with Crippen LogP contribution in [-0.2, 0) is 0 Å². The molecule has 1 saturated heterocycles. The number of nitrogens with zero attached hydrogens (tertiary/aromatic N) is 2. The second kappa shape index (κ2) is 4.83. The zero-order valence-electron chi connectivity index (χ0n) is 9.32. The number of pyridine rings is 1. The maximum atomic E-state index is 12.1. The summed E-state index contributed by atoms with van der Waals surface area (Å²) in [6, 6.07) is 1.87. The Balaban J connectivity index is 2.12. The number of rotatable bonds is 1. The summed E-state index contributed by atoms with van der Waals surface area (Å²) in [7, 11) is 0. The van der Waals surface area contributed by atoms with Crippen LogP contribution in [0.3, 0.4) is 0 Å². The number of hydrogen-bond donors (Lipinski definition) is 0. The molecule has 86 valence electrons. The van der Waals surface area contributed by atoms with E-state index in [1.54, 1.807) is 12.4 Å². The highest BCUT2D eigenvalue weighted by Crippen LogP contribution is 2.17. The van der Waals surface area contributed by atoms with Gasteiger partial charge in [0.1, 0.15) is 0 Å². The van der Waals surface area contributed by atoms with E-state index >= 15 is 0 Å². The Bertz CT molecular complexity index is 394. The summed E-state index contributed by atoms with van der Waals surface area (Å²) in [6.45, 7) is 3.38. The molecule has 0 saturated carbocycles. The molecule has 1 aromatic rings. The fourth-order valence-electron chi connectivity index (χ4n) is 1.96. The molecule has 16 heavy (non-hydrogen) atoms. The van der Waals surface area contributed by atoms with Gasteiger partial charge in [0.25, 0.3) is 5.91 Å². The predicted octanol–water partition coefficient (Wildman–Crippen LogP) is 2.23. The van der Waals surface area contributed by atoms with Crippen molar-refractivity contribution in [2.45, 2.75) is 25.1 Å². The molecule has 2 heterocycles. The molecular weight excluding hydrogens is 224 g/mol. The van der Waals surface area contributed by atoms with Crippen LogP contribution in [0.1, 0.15) is 28.8 Å². The topological polar surface area (TPSA) is 33.2 Å². The highest BCUT2D eigenvalue weighted by Gasteiger charge is 2.23. The number of hydrogen-bond acceptors (Lipinski definition) is 2. The van der Waals surface area contributed by atoms with Crippen molar-refractivity contribution in [2.24, 2.45) is 0 Å².